The Morgan fingerprint density at radius 1 is 1.50 bits per heavy atom. The minimum absolute atomic E-state index is 0.239. The van der Waals surface area contributed by atoms with Crippen molar-refractivity contribution in [2.75, 3.05) is 11.9 Å². The van der Waals surface area contributed by atoms with Crippen molar-refractivity contribution >= 4 is 21.7 Å². The highest BCUT2D eigenvalue weighted by atomic mass is 79.9. The maximum Gasteiger partial charge on any atom is 0.166 e. The molecule has 2 aromatic rings. The average Bonchev–Trinajstić information content (AvgIpc) is 2.74. The molecule has 16 heavy (non-hydrogen) atoms. The summed E-state index contributed by atoms with van der Waals surface area (Å²) in [6, 6.07) is 1.37. The third-order valence-corrected chi connectivity index (χ3v) is 2.35. The number of rotatable bonds is 4. The fraction of sp³-hybridized carbons (Fsp3) is 0.222. The highest BCUT2D eigenvalue weighted by Crippen LogP contribution is 2.15. The largest absolute Gasteiger partial charge is 0.366 e. The van der Waals surface area contributed by atoms with Gasteiger partial charge in [0.25, 0.3) is 0 Å². The first-order chi connectivity index (χ1) is 7.75. The van der Waals surface area contributed by atoms with E-state index < -0.39 is 0 Å². The van der Waals surface area contributed by atoms with Crippen LogP contribution in [0.3, 0.4) is 0 Å². The smallest absolute Gasteiger partial charge is 0.166 e. The van der Waals surface area contributed by atoms with Crippen molar-refractivity contribution in [3.05, 3.63) is 34.9 Å². The van der Waals surface area contributed by atoms with Crippen molar-refractivity contribution in [3.8, 4) is 0 Å². The molecule has 0 amide bonds. The molecule has 0 radical (unpaired) electrons. The van der Waals surface area contributed by atoms with Crippen LogP contribution in [0, 0.1) is 5.82 Å². The molecule has 1 N–H and O–H groups in total. The topological polar surface area (TPSA) is 55.6 Å². The number of pyridine rings is 1. The van der Waals surface area contributed by atoms with E-state index in [1.165, 1.54) is 6.07 Å². The summed E-state index contributed by atoms with van der Waals surface area (Å²) in [6.07, 6.45) is 4.88. The summed E-state index contributed by atoms with van der Waals surface area (Å²) in [5, 5.41) is 10.3. The van der Waals surface area contributed by atoms with Crippen LogP contribution in [-0.2, 0) is 6.54 Å². The number of anilines is 1. The highest BCUT2D eigenvalue weighted by molar-refractivity contribution is 9.10. The van der Waals surface area contributed by atoms with Crippen molar-refractivity contribution < 1.29 is 4.39 Å². The van der Waals surface area contributed by atoms with Gasteiger partial charge in [-0.3, -0.25) is 4.68 Å². The molecule has 5 nitrogen and oxygen atoms in total. The summed E-state index contributed by atoms with van der Waals surface area (Å²) in [5.41, 5.74) is 0. The lowest BCUT2D eigenvalue weighted by Crippen LogP contribution is -2.12. The van der Waals surface area contributed by atoms with Gasteiger partial charge in [-0.2, -0.15) is 0 Å². The summed E-state index contributed by atoms with van der Waals surface area (Å²) in [6.45, 7) is 1.14. The highest BCUT2D eigenvalue weighted by Gasteiger charge is 2.03. The van der Waals surface area contributed by atoms with Gasteiger partial charge in [-0.1, -0.05) is 5.21 Å². The average molecular weight is 286 g/mol. The summed E-state index contributed by atoms with van der Waals surface area (Å²) in [5.74, 6) is -0.142. The predicted molar refractivity (Wildman–Crippen MR) is 60.4 cm³/mol. The molecular weight excluding hydrogens is 277 g/mol. The summed E-state index contributed by atoms with van der Waals surface area (Å²) in [7, 11) is 0. The van der Waals surface area contributed by atoms with Gasteiger partial charge in [0.1, 0.15) is 0 Å². The minimum atomic E-state index is -0.382. The van der Waals surface area contributed by atoms with Crippen molar-refractivity contribution in [2.45, 2.75) is 6.54 Å². The van der Waals surface area contributed by atoms with Crippen LogP contribution in [0.5, 0.6) is 0 Å². The van der Waals surface area contributed by atoms with Crippen molar-refractivity contribution in [1.29, 1.82) is 0 Å². The molecule has 0 saturated carbocycles. The zero-order valence-electron chi connectivity index (χ0n) is 8.27. The lowest BCUT2D eigenvalue weighted by atomic mass is 10.4. The van der Waals surface area contributed by atoms with E-state index >= 15 is 0 Å². The van der Waals surface area contributed by atoms with Crippen molar-refractivity contribution in [1.82, 2.24) is 20.0 Å². The van der Waals surface area contributed by atoms with Crippen LogP contribution in [0.15, 0.2) is 29.1 Å². The molecule has 0 aliphatic rings. The van der Waals surface area contributed by atoms with Gasteiger partial charge in [-0.25, -0.2) is 9.37 Å². The molecule has 0 aliphatic carbocycles. The normalized spacial score (nSPS) is 10.4. The van der Waals surface area contributed by atoms with Gasteiger partial charge >= 0.3 is 0 Å². The Hall–Kier alpha value is -1.50. The van der Waals surface area contributed by atoms with Crippen LogP contribution in [0.1, 0.15) is 0 Å². The Balaban J connectivity index is 1.90. The van der Waals surface area contributed by atoms with Crippen LogP contribution in [0.25, 0.3) is 0 Å². The van der Waals surface area contributed by atoms with Gasteiger partial charge in [0.15, 0.2) is 11.6 Å². The quantitative estimate of drug-likeness (QED) is 0.929. The second-order valence-electron chi connectivity index (χ2n) is 3.08. The van der Waals surface area contributed by atoms with Gasteiger partial charge in [-0.15, -0.1) is 5.10 Å². The van der Waals surface area contributed by atoms with E-state index in [0.29, 0.717) is 17.6 Å². The van der Waals surface area contributed by atoms with Crippen LogP contribution in [0.2, 0.25) is 0 Å². The SMILES string of the molecule is Fc1cc(Br)cnc1NCCn1ccnn1. The molecule has 7 heteroatoms. The minimum Gasteiger partial charge on any atom is -0.366 e. The Kier molecular flexibility index (Phi) is 3.45. The van der Waals surface area contributed by atoms with Gasteiger partial charge in [0.2, 0.25) is 0 Å². The lowest BCUT2D eigenvalue weighted by Gasteiger charge is -2.06. The van der Waals surface area contributed by atoms with E-state index in [0.717, 1.165) is 0 Å². The zero-order valence-corrected chi connectivity index (χ0v) is 9.85. The Morgan fingerprint density at radius 3 is 3.06 bits per heavy atom. The third kappa shape index (κ3) is 2.75. The van der Waals surface area contributed by atoms with Gasteiger partial charge < -0.3 is 5.32 Å². The lowest BCUT2D eigenvalue weighted by molar-refractivity contribution is 0.598. The first kappa shape index (κ1) is 11.0. The number of hydrogen-bond donors (Lipinski definition) is 1. The monoisotopic (exact) mass is 285 g/mol. The molecule has 0 aliphatic heterocycles. The number of aromatic nitrogens is 4. The molecule has 2 heterocycles. The molecule has 2 aromatic heterocycles. The van der Waals surface area contributed by atoms with E-state index in [1.807, 2.05) is 0 Å². The van der Waals surface area contributed by atoms with Crippen molar-refractivity contribution in [2.24, 2.45) is 0 Å². The van der Waals surface area contributed by atoms with Gasteiger partial charge in [0.05, 0.1) is 12.7 Å². The van der Waals surface area contributed by atoms with E-state index in [2.05, 4.69) is 36.5 Å². The van der Waals surface area contributed by atoms with Gasteiger partial charge in [0, 0.05) is 23.4 Å². The Labute approximate surface area is 99.8 Å². The fourth-order valence-corrected chi connectivity index (χ4v) is 1.49. The second-order valence-corrected chi connectivity index (χ2v) is 3.99. The molecule has 0 atom stereocenters. The number of hydrogen-bond acceptors (Lipinski definition) is 4. The summed E-state index contributed by atoms with van der Waals surface area (Å²) >= 11 is 3.14. The molecule has 0 spiro atoms. The Bertz CT molecular complexity index is 459. The van der Waals surface area contributed by atoms with E-state index in [1.54, 1.807) is 23.3 Å². The van der Waals surface area contributed by atoms with Crippen LogP contribution < -0.4 is 5.32 Å². The molecule has 2 rings (SSSR count). The van der Waals surface area contributed by atoms with E-state index in [9.17, 15) is 4.39 Å². The van der Waals surface area contributed by atoms with Crippen molar-refractivity contribution in [3.63, 3.8) is 0 Å². The molecule has 0 saturated heterocycles. The third-order valence-electron chi connectivity index (χ3n) is 1.91. The number of nitrogens with one attached hydrogen (secondary N) is 1. The molecule has 0 fully saturated rings. The maximum absolute atomic E-state index is 13.3. The zero-order chi connectivity index (χ0) is 11.4. The van der Waals surface area contributed by atoms with E-state index in [-0.39, 0.29) is 11.6 Å². The second kappa shape index (κ2) is 5.02. The van der Waals surface area contributed by atoms with Crippen LogP contribution in [0.4, 0.5) is 10.2 Å². The van der Waals surface area contributed by atoms with Crippen LogP contribution >= 0.6 is 15.9 Å². The fourth-order valence-electron chi connectivity index (χ4n) is 1.19. The number of nitrogens with zero attached hydrogens (tertiary/aromatic N) is 4. The summed E-state index contributed by atoms with van der Waals surface area (Å²) in [4.78, 5) is 3.92. The first-order valence-corrected chi connectivity index (χ1v) is 5.44. The summed E-state index contributed by atoms with van der Waals surface area (Å²) < 4.78 is 15.6. The van der Waals surface area contributed by atoms with Gasteiger partial charge in [-0.05, 0) is 22.0 Å². The molecule has 0 bridgehead atoms. The molecule has 0 aromatic carbocycles. The Morgan fingerprint density at radius 2 is 2.38 bits per heavy atom. The standard InChI is InChI=1S/C9H9BrFN5/c10-7-5-8(11)9(13-6-7)12-1-3-16-4-2-14-15-16/h2,4-6H,1,3H2,(H,12,13). The van der Waals surface area contributed by atoms with Crippen LogP contribution in [-0.4, -0.2) is 26.5 Å². The molecule has 84 valence electrons. The number of halogens is 2. The predicted octanol–water partition coefficient (Wildman–Crippen LogP) is 1.69. The maximum atomic E-state index is 13.3. The van der Waals surface area contributed by atoms with E-state index in [4.69, 9.17) is 0 Å². The molecule has 0 unspecified atom stereocenters. The molecular formula is C9H9BrFN5. The first-order valence-electron chi connectivity index (χ1n) is 4.65.